The van der Waals surface area contributed by atoms with Crippen LogP contribution in [-0.2, 0) is 17.1 Å². The lowest BCUT2D eigenvalue weighted by atomic mass is 10.1. The minimum absolute atomic E-state index is 0.0294. The molecule has 41 heavy (non-hydrogen) atoms. The molecule has 1 saturated heterocycles. The minimum Gasteiger partial charge on any atom is -0.489 e. The zero-order valence-corrected chi connectivity index (χ0v) is 22.3. The minimum atomic E-state index is -4.77. The second kappa shape index (κ2) is 11.5. The van der Waals surface area contributed by atoms with Gasteiger partial charge in [0, 0.05) is 12.1 Å². The molecule has 1 atom stereocenters. The average molecular weight is 584 g/mol. The number of halogens is 6. The van der Waals surface area contributed by atoms with Crippen LogP contribution in [0.2, 0.25) is 0 Å². The van der Waals surface area contributed by atoms with E-state index in [0.29, 0.717) is 24.9 Å². The molecule has 0 saturated carbocycles. The third-order valence-electron chi connectivity index (χ3n) is 6.03. The van der Waals surface area contributed by atoms with Crippen molar-refractivity contribution in [3.05, 3.63) is 71.1 Å². The summed E-state index contributed by atoms with van der Waals surface area (Å²) in [5.74, 6) is -0.449. The number of hydrogen-bond donors (Lipinski definition) is 0. The first-order valence-corrected chi connectivity index (χ1v) is 12.6. The van der Waals surface area contributed by atoms with Crippen LogP contribution in [-0.4, -0.2) is 39.9 Å². The molecule has 1 fully saturated rings. The summed E-state index contributed by atoms with van der Waals surface area (Å²) in [7, 11) is 0. The molecule has 0 aliphatic carbocycles. The zero-order valence-electron chi connectivity index (χ0n) is 22.3. The fraction of sp³-hybridized carbons (Fsp3) is 0.393. The van der Waals surface area contributed by atoms with Crippen molar-refractivity contribution in [2.45, 2.75) is 57.6 Å². The van der Waals surface area contributed by atoms with Crippen molar-refractivity contribution in [3.63, 3.8) is 0 Å². The Kier molecular flexibility index (Phi) is 8.36. The van der Waals surface area contributed by atoms with Crippen LogP contribution in [0.4, 0.5) is 31.1 Å². The number of carbonyl (C=O) groups is 1. The zero-order chi connectivity index (χ0) is 30.0. The van der Waals surface area contributed by atoms with Gasteiger partial charge in [0.25, 0.3) is 0 Å². The van der Waals surface area contributed by atoms with Gasteiger partial charge in [0.1, 0.15) is 24.0 Å². The monoisotopic (exact) mass is 583 g/mol. The van der Waals surface area contributed by atoms with E-state index in [0.717, 1.165) is 24.3 Å². The number of aromatic nitrogens is 2. The van der Waals surface area contributed by atoms with Gasteiger partial charge in [-0.15, -0.1) is 0 Å². The van der Waals surface area contributed by atoms with Crippen LogP contribution < -0.4 is 4.74 Å². The fourth-order valence-corrected chi connectivity index (χ4v) is 4.17. The van der Waals surface area contributed by atoms with Crippen LogP contribution >= 0.6 is 0 Å². The van der Waals surface area contributed by atoms with Gasteiger partial charge in [0.05, 0.1) is 11.1 Å². The Bertz CT molecular complexity index is 1390. The molecule has 1 aromatic heterocycles. The Balaban J connectivity index is 1.47. The molecule has 0 radical (unpaired) electrons. The van der Waals surface area contributed by atoms with Gasteiger partial charge in [0.2, 0.25) is 11.7 Å². The third-order valence-corrected chi connectivity index (χ3v) is 6.03. The molecule has 0 bridgehead atoms. The molecule has 7 nitrogen and oxygen atoms in total. The number of amides is 1. The summed E-state index contributed by atoms with van der Waals surface area (Å²) in [6, 6.07) is 7.05. The average Bonchev–Trinajstić information content (AvgIpc) is 3.55. The van der Waals surface area contributed by atoms with Crippen molar-refractivity contribution in [1.82, 2.24) is 15.0 Å². The van der Waals surface area contributed by atoms with Crippen LogP contribution in [0.3, 0.4) is 0 Å². The van der Waals surface area contributed by atoms with E-state index in [2.05, 4.69) is 10.1 Å². The number of alkyl halides is 6. The molecule has 220 valence electrons. The van der Waals surface area contributed by atoms with Gasteiger partial charge < -0.3 is 14.0 Å². The Morgan fingerprint density at radius 1 is 1.05 bits per heavy atom. The number of carbonyl (C=O) groups excluding carboxylic acids is 1. The van der Waals surface area contributed by atoms with Crippen molar-refractivity contribution in [2.75, 3.05) is 13.2 Å². The van der Waals surface area contributed by atoms with Gasteiger partial charge in [0.15, 0.2) is 0 Å². The van der Waals surface area contributed by atoms with E-state index in [1.807, 2.05) is 0 Å². The SMILES string of the molecule is CC(C)(C)OC(=O)N1CCC[C@H]1c1nc(-c2ccc(OC/C=C/c3ccc(C(F)(F)F)cc3)c(C(F)(F)F)c2)no1. The Morgan fingerprint density at radius 2 is 1.76 bits per heavy atom. The first kappa shape index (κ1) is 29.9. The Labute approximate surface area is 231 Å². The van der Waals surface area contributed by atoms with Crippen molar-refractivity contribution in [3.8, 4) is 17.1 Å². The summed E-state index contributed by atoms with van der Waals surface area (Å²) >= 11 is 0. The maximum Gasteiger partial charge on any atom is 0.419 e. The van der Waals surface area contributed by atoms with Crippen LogP contribution in [0, 0.1) is 0 Å². The van der Waals surface area contributed by atoms with Crippen molar-refractivity contribution in [2.24, 2.45) is 0 Å². The molecule has 1 aliphatic rings. The maximum atomic E-state index is 13.9. The van der Waals surface area contributed by atoms with Crippen LogP contribution in [0.15, 0.2) is 53.1 Å². The number of rotatable bonds is 6. The quantitative estimate of drug-likeness (QED) is 0.274. The van der Waals surface area contributed by atoms with Gasteiger partial charge in [-0.05, 0) is 75.6 Å². The van der Waals surface area contributed by atoms with Crippen LogP contribution in [0.1, 0.15) is 62.2 Å². The highest BCUT2D eigenvalue weighted by molar-refractivity contribution is 5.69. The van der Waals surface area contributed by atoms with Crippen LogP contribution in [0.25, 0.3) is 17.5 Å². The molecule has 1 aliphatic heterocycles. The van der Waals surface area contributed by atoms with E-state index in [-0.39, 0.29) is 23.9 Å². The number of nitrogens with zero attached hydrogens (tertiary/aromatic N) is 3. The summed E-state index contributed by atoms with van der Waals surface area (Å²) in [6.07, 6.45) is -5.76. The lowest BCUT2D eigenvalue weighted by molar-refractivity contribution is -0.139. The predicted molar refractivity (Wildman–Crippen MR) is 136 cm³/mol. The van der Waals surface area contributed by atoms with Gasteiger partial charge in [-0.2, -0.15) is 31.3 Å². The lowest BCUT2D eigenvalue weighted by Crippen LogP contribution is -2.36. The van der Waals surface area contributed by atoms with E-state index in [4.69, 9.17) is 14.0 Å². The molecule has 3 aromatic rings. The third kappa shape index (κ3) is 7.59. The first-order valence-electron chi connectivity index (χ1n) is 12.6. The molecular weight excluding hydrogens is 556 g/mol. The standard InChI is InChI=1S/C28H27F6N3O4/c1-26(2,3)40-25(38)37-14-4-7-21(37)24-35-23(36-41-24)18-10-13-22(20(16-18)28(32,33)34)39-15-5-6-17-8-11-19(12-9-17)27(29,30)31/h5-6,8-13,16,21H,4,7,14-15H2,1-3H3/b6-5+/t21-/m0/s1. The highest BCUT2D eigenvalue weighted by Gasteiger charge is 2.38. The van der Waals surface area contributed by atoms with Gasteiger partial charge in [-0.1, -0.05) is 23.4 Å². The van der Waals surface area contributed by atoms with Gasteiger partial charge in [-0.25, -0.2) is 4.79 Å². The summed E-state index contributed by atoms with van der Waals surface area (Å²) in [5, 5.41) is 3.83. The molecule has 0 N–H and O–H groups in total. The van der Waals surface area contributed by atoms with Crippen molar-refractivity contribution >= 4 is 12.2 Å². The first-order chi connectivity index (χ1) is 19.1. The largest absolute Gasteiger partial charge is 0.489 e. The summed E-state index contributed by atoms with van der Waals surface area (Å²) < 4.78 is 95.7. The van der Waals surface area contributed by atoms with Crippen molar-refractivity contribution < 1.29 is 45.1 Å². The molecular formula is C28H27F6N3O4. The van der Waals surface area contributed by atoms with Crippen molar-refractivity contribution in [1.29, 1.82) is 0 Å². The fourth-order valence-electron chi connectivity index (χ4n) is 4.17. The highest BCUT2D eigenvalue weighted by Crippen LogP contribution is 2.39. The predicted octanol–water partition coefficient (Wildman–Crippen LogP) is 7.94. The topological polar surface area (TPSA) is 77.7 Å². The number of likely N-dealkylation sites (tertiary alicyclic amines) is 1. The van der Waals surface area contributed by atoms with Gasteiger partial charge >= 0.3 is 18.4 Å². The molecule has 13 heteroatoms. The second-order valence-electron chi connectivity index (χ2n) is 10.3. The molecule has 0 unspecified atom stereocenters. The molecule has 0 spiro atoms. The van der Waals surface area contributed by atoms with Crippen LogP contribution in [0.5, 0.6) is 5.75 Å². The maximum absolute atomic E-state index is 13.9. The molecule has 4 rings (SSSR count). The number of hydrogen-bond acceptors (Lipinski definition) is 6. The van der Waals surface area contributed by atoms with E-state index < -0.39 is 47.0 Å². The number of benzene rings is 2. The highest BCUT2D eigenvalue weighted by atomic mass is 19.4. The smallest absolute Gasteiger partial charge is 0.419 e. The lowest BCUT2D eigenvalue weighted by Gasteiger charge is -2.26. The Morgan fingerprint density at radius 3 is 2.39 bits per heavy atom. The summed E-state index contributed by atoms with van der Waals surface area (Å²) in [6.45, 7) is 5.36. The van der Waals surface area contributed by atoms with E-state index >= 15 is 0 Å². The van der Waals surface area contributed by atoms with Gasteiger partial charge in [-0.3, -0.25) is 4.90 Å². The molecule has 2 heterocycles. The normalized spacial score (nSPS) is 16.4. The molecule has 2 aromatic carbocycles. The van der Waals surface area contributed by atoms with E-state index in [1.165, 1.54) is 35.3 Å². The summed E-state index contributed by atoms with van der Waals surface area (Å²) in [5.41, 5.74) is -2.13. The summed E-state index contributed by atoms with van der Waals surface area (Å²) in [4.78, 5) is 18.3. The molecule has 1 amide bonds. The Hall–Kier alpha value is -4.03. The number of ether oxygens (including phenoxy) is 2. The van der Waals surface area contributed by atoms with E-state index in [9.17, 15) is 31.1 Å². The second-order valence-corrected chi connectivity index (χ2v) is 10.3. The van der Waals surface area contributed by atoms with E-state index in [1.54, 1.807) is 20.8 Å².